The number of thioether (sulfide) groups is 1. The second-order valence-electron chi connectivity index (χ2n) is 5.18. The predicted octanol–water partition coefficient (Wildman–Crippen LogP) is 4.40. The van der Waals surface area contributed by atoms with Crippen LogP contribution in [0.4, 0.5) is 5.69 Å². The van der Waals surface area contributed by atoms with Gasteiger partial charge in [-0.1, -0.05) is 58.1 Å². The van der Waals surface area contributed by atoms with Crippen molar-refractivity contribution in [1.82, 2.24) is 4.90 Å². The second-order valence-corrected chi connectivity index (χ2v) is 7.78. The number of benzene rings is 2. The van der Waals surface area contributed by atoms with Gasteiger partial charge in [0.15, 0.2) is 4.32 Å². The van der Waals surface area contributed by atoms with E-state index in [1.165, 1.54) is 18.2 Å². The fourth-order valence-corrected chi connectivity index (χ4v) is 3.94. The molecule has 3 rings (SSSR count). The van der Waals surface area contributed by atoms with Crippen molar-refractivity contribution in [3.8, 4) is 0 Å². The van der Waals surface area contributed by atoms with E-state index in [0.717, 1.165) is 32.8 Å². The van der Waals surface area contributed by atoms with Crippen LogP contribution in [0.15, 0.2) is 57.9 Å². The molecular formula is C17H9BrN2O4S2. The maximum absolute atomic E-state index is 12.6. The van der Waals surface area contributed by atoms with E-state index in [1.807, 2.05) is 24.3 Å². The van der Waals surface area contributed by atoms with Gasteiger partial charge < -0.3 is 0 Å². The van der Waals surface area contributed by atoms with Gasteiger partial charge in [-0.15, -0.1) is 0 Å². The number of amides is 2. The molecule has 1 aliphatic rings. The normalized spacial score (nSPS) is 15.6. The van der Waals surface area contributed by atoms with Gasteiger partial charge in [-0.3, -0.25) is 19.7 Å². The Morgan fingerprint density at radius 3 is 2.65 bits per heavy atom. The molecule has 9 heteroatoms. The van der Waals surface area contributed by atoms with E-state index in [1.54, 1.807) is 6.08 Å². The zero-order valence-electron chi connectivity index (χ0n) is 12.9. The molecule has 0 atom stereocenters. The van der Waals surface area contributed by atoms with Gasteiger partial charge in [-0.2, -0.15) is 0 Å². The summed E-state index contributed by atoms with van der Waals surface area (Å²) in [5.74, 6) is -1.23. The Balaban J connectivity index is 1.91. The van der Waals surface area contributed by atoms with Gasteiger partial charge in [0, 0.05) is 22.2 Å². The van der Waals surface area contributed by atoms with Crippen LogP contribution in [0.5, 0.6) is 0 Å². The second kappa shape index (κ2) is 7.48. The SMILES string of the molecule is O=C1/C(=C\c2cccc(Br)c2)SC(=S)N1C(=O)c1cccc([N+](=O)[O-])c1. The van der Waals surface area contributed by atoms with E-state index in [4.69, 9.17) is 12.2 Å². The minimum atomic E-state index is -0.686. The average Bonchev–Trinajstić information content (AvgIpc) is 2.88. The van der Waals surface area contributed by atoms with Gasteiger partial charge in [0.05, 0.1) is 9.83 Å². The molecule has 0 unspecified atom stereocenters. The number of imide groups is 1. The first kappa shape index (κ1) is 18.4. The Kier molecular flexibility index (Phi) is 5.30. The maximum atomic E-state index is 12.6. The molecule has 1 saturated heterocycles. The third kappa shape index (κ3) is 3.74. The number of rotatable bonds is 3. The van der Waals surface area contributed by atoms with Crippen LogP contribution in [0, 0.1) is 10.1 Å². The zero-order valence-corrected chi connectivity index (χ0v) is 16.1. The van der Waals surface area contributed by atoms with E-state index in [9.17, 15) is 19.7 Å². The fraction of sp³-hybridized carbons (Fsp3) is 0. The summed E-state index contributed by atoms with van der Waals surface area (Å²) in [4.78, 5) is 36.7. The van der Waals surface area contributed by atoms with Crippen molar-refractivity contribution in [1.29, 1.82) is 0 Å². The van der Waals surface area contributed by atoms with Crippen LogP contribution in [0.1, 0.15) is 15.9 Å². The smallest absolute Gasteiger partial charge is 0.268 e. The first-order chi connectivity index (χ1) is 12.4. The van der Waals surface area contributed by atoms with Crippen molar-refractivity contribution >= 4 is 67.8 Å². The number of nitrogens with zero attached hydrogens (tertiary/aromatic N) is 2. The summed E-state index contributed by atoms with van der Waals surface area (Å²) in [5.41, 5.74) is 0.577. The molecule has 0 aliphatic carbocycles. The lowest BCUT2D eigenvalue weighted by Gasteiger charge is -2.12. The molecule has 6 nitrogen and oxygen atoms in total. The fourth-order valence-electron chi connectivity index (χ4n) is 2.27. The molecule has 2 amide bonds. The highest BCUT2D eigenvalue weighted by molar-refractivity contribution is 9.10. The quantitative estimate of drug-likeness (QED) is 0.227. The van der Waals surface area contributed by atoms with Crippen molar-refractivity contribution in [3.05, 3.63) is 79.2 Å². The molecule has 0 N–H and O–H groups in total. The van der Waals surface area contributed by atoms with Gasteiger partial charge in [0.2, 0.25) is 0 Å². The number of halogens is 1. The maximum Gasteiger partial charge on any atom is 0.273 e. The largest absolute Gasteiger partial charge is 0.273 e. The molecule has 0 bridgehead atoms. The molecule has 0 spiro atoms. The number of hydrogen-bond donors (Lipinski definition) is 0. The number of nitro groups is 1. The molecule has 26 heavy (non-hydrogen) atoms. The van der Waals surface area contributed by atoms with Gasteiger partial charge >= 0.3 is 0 Å². The van der Waals surface area contributed by atoms with Gasteiger partial charge in [0.25, 0.3) is 17.5 Å². The number of thiocarbonyl (C=S) groups is 1. The van der Waals surface area contributed by atoms with Crippen molar-refractivity contribution < 1.29 is 14.5 Å². The molecular weight excluding hydrogens is 440 g/mol. The summed E-state index contributed by atoms with van der Waals surface area (Å²) in [7, 11) is 0. The Morgan fingerprint density at radius 1 is 1.23 bits per heavy atom. The highest BCUT2D eigenvalue weighted by atomic mass is 79.9. The standard InChI is InChI=1S/C17H9BrN2O4S2/c18-12-5-1-3-10(7-12)8-14-16(22)19(17(25)26-14)15(21)11-4-2-6-13(9-11)20(23)24/h1-9H/b14-8+. The highest BCUT2D eigenvalue weighted by Crippen LogP contribution is 2.34. The van der Waals surface area contributed by atoms with E-state index in [-0.39, 0.29) is 15.6 Å². The molecule has 0 saturated carbocycles. The lowest BCUT2D eigenvalue weighted by Crippen LogP contribution is -2.34. The molecule has 0 aromatic heterocycles. The van der Waals surface area contributed by atoms with Crippen molar-refractivity contribution in [2.24, 2.45) is 0 Å². The molecule has 130 valence electrons. The molecule has 1 heterocycles. The third-order valence-corrected chi connectivity index (χ3v) is 5.24. The van der Waals surface area contributed by atoms with Crippen molar-refractivity contribution in [2.75, 3.05) is 0 Å². The first-order valence-electron chi connectivity index (χ1n) is 7.19. The van der Waals surface area contributed by atoms with Crippen LogP contribution in [-0.2, 0) is 4.79 Å². The summed E-state index contributed by atoms with van der Waals surface area (Å²) in [5, 5.41) is 10.9. The third-order valence-electron chi connectivity index (χ3n) is 3.45. The Labute approximate surface area is 166 Å². The molecule has 1 fully saturated rings. The Morgan fingerprint density at radius 2 is 1.96 bits per heavy atom. The van der Waals surface area contributed by atoms with E-state index >= 15 is 0 Å². The number of carbonyl (C=O) groups is 2. The molecule has 2 aromatic carbocycles. The molecule has 2 aromatic rings. The van der Waals surface area contributed by atoms with E-state index < -0.39 is 16.7 Å². The summed E-state index contributed by atoms with van der Waals surface area (Å²) >= 11 is 9.53. The predicted molar refractivity (Wildman–Crippen MR) is 107 cm³/mol. The van der Waals surface area contributed by atoms with Gasteiger partial charge in [-0.25, -0.2) is 4.90 Å². The lowest BCUT2D eigenvalue weighted by molar-refractivity contribution is -0.384. The molecule has 0 radical (unpaired) electrons. The highest BCUT2D eigenvalue weighted by Gasteiger charge is 2.37. The van der Waals surface area contributed by atoms with Crippen LogP contribution < -0.4 is 0 Å². The average molecular weight is 449 g/mol. The van der Waals surface area contributed by atoms with Gasteiger partial charge in [-0.05, 0) is 29.8 Å². The monoisotopic (exact) mass is 448 g/mol. The summed E-state index contributed by atoms with van der Waals surface area (Å²) in [6.07, 6.45) is 1.64. The number of non-ortho nitro benzene ring substituents is 1. The van der Waals surface area contributed by atoms with E-state index in [2.05, 4.69) is 15.9 Å². The van der Waals surface area contributed by atoms with E-state index in [0.29, 0.717) is 4.91 Å². The summed E-state index contributed by atoms with van der Waals surface area (Å²) in [6, 6.07) is 12.5. The zero-order chi connectivity index (χ0) is 18.8. The Hall–Kier alpha value is -2.36. The van der Waals surface area contributed by atoms with Crippen LogP contribution in [-0.4, -0.2) is 26.0 Å². The van der Waals surface area contributed by atoms with Crippen LogP contribution in [0.3, 0.4) is 0 Å². The first-order valence-corrected chi connectivity index (χ1v) is 9.21. The molecule has 1 aliphatic heterocycles. The van der Waals surface area contributed by atoms with Crippen LogP contribution in [0.2, 0.25) is 0 Å². The van der Waals surface area contributed by atoms with Crippen molar-refractivity contribution in [2.45, 2.75) is 0 Å². The number of carbonyl (C=O) groups excluding carboxylic acids is 2. The van der Waals surface area contributed by atoms with Crippen LogP contribution >= 0.6 is 39.9 Å². The number of hydrogen-bond acceptors (Lipinski definition) is 6. The number of nitro benzene ring substituents is 1. The summed E-state index contributed by atoms with van der Waals surface area (Å²) < 4.78 is 0.946. The van der Waals surface area contributed by atoms with Crippen LogP contribution in [0.25, 0.3) is 6.08 Å². The summed E-state index contributed by atoms with van der Waals surface area (Å²) in [6.45, 7) is 0. The lowest BCUT2D eigenvalue weighted by atomic mass is 10.1. The van der Waals surface area contributed by atoms with Crippen molar-refractivity contribution in [3.63, 3.8) is 0 Å². The Bertz CT molecular complexity index is 990. The van der Waals surface area contributed by atoms with Gasteiger partial charge in [0.1, 0.15) is 0 Å². The minimum absolute atomic E-state index is 0.0270. The topological polar surface area (TPSA) is 80.5 Å². The minimum Gasteiger partial charge on any atom is -0.268 e.